The van der Waals surface area contributed by atoms with Gasteiger partial charge >= 0.3 is 0 Å². The van der Waals surface area contributed by atoms with Crippen LogP contribution in [0.3, 0.4) is 0 Å². The smallest absolute Gasteiger partial charge is 0.0374 e. The SMILES string of the molecule is CC(C)N(c1ccc2c(c1)Cc1cc(N(C(C)C)C(C)C)ccc1-2)C(C)C. The van der Waals surface area contributed by atoms with Gasteiger partial charge in [0.15, 0.2) is 0 Å². The number of hydrogen-bond acceptors (Lipinski definition) is 2. The highest BCUT2D eigenvalue weighted by molar-refractivity contribution is 5.80. The molecule has 146 valence electrons. The summed E-state index contributed by atoms with van der Waals surface area (Å²) in [4.78, 5) is 5.02. The molecule has 0 radical (unpaired) electrons. The average Bonchev–Trinajstić information content (AvgIpc) is 2.90. The molecule has 1 aliphatic rings. The van der Waals surface area contributed by atoms with E-state index >= 15 is 0 Å². The van der Waals surface area contributed by atoms with Crippen LogP contribution in [0.15, 0.2) is 36.4 Å². The van der Waals surface area contributed by atoms with Crippen molar-refractivity contribution in [3.8, 4) is 11.1 Å². The van der Waals surface area contributed by atoms with Crippen molar-refractivity contribution >= 4 is 11.4 Å². The molecule has 0 saturated carbocycles. The summed E-state index contributed by atoms with van der Waals surface area (Å²) in [6.07, 6.45) is 1.04. The number of benzene rings is 2. The van der Waals surface area contributed by atoms with Crippen molar-refractivity contribution in [3.63, 3.8) is 0 Å². The van der Waals surface area contributed by atoms with Gasteiger partial charge in [-0.15, -0.1) is 0 Å². The maximum Gasteiger partial charge on any atom is 0.0374 e. The van der Waals surface area contributed by atoms with Crippen molar-refractivity contribution in [1.82, 2.24) is 0 Å². The van der Waals surface area contributed by atoms with E-state index in [2.05, 4.69) is 102 Å². The Bertz CT molecular complexity index is 718. The third-order valence-corrected chi connectivity index (χ3v) is 5.67. The van der Waals surface area contributed by atoms with Gasteiger partial charge in [-0.05, 0) is 108 Å². The molecule has 0 spiro atoms. The van der Waals surface area contributed by atoms with Crippen molar-refractivity contribution in [3.05, 3.63) is 47.5 Å². The van der Waals surface area contributed by atoms with Crippen LogP contribution < -0.4 is 9.80 Å². The Morgan fingerprint density at radius 1 is 0.556 bits per heavy atom. The van der Waals surface area contributed by atoms with Crippen molar-refractivity contribution in [2.24, 2.45) is 0 Å². The zero-order valence-electron chi connectivity index (χ0n) is 18.4. The molecule has 0 aromatic heterocycles. The first kappa shape index (κ1) is 19.8. The Morgan fingerprint density at radius 2 is 0.889 bits per heavy atom. The first-order chi connectivity index (χ1) is 12.7. The molecule has 2 heteroatoms. The zero-order valence-corrected chi connectivity index (χ0v) is 18.4. The maximum absolute atomic E-state index is 2.51. The molecule has 2 aromatic rings. The lowest BCUT2D eigenvalue weighted by atomic mass is 10.0. The Hall–Kier alpha value is -1.96. The Labute approximate surface area is 166 Å². The van der Waals surface area contributed by atoms with E-state index in [-0.39, 0.29) is 0 Å². The van der Waals surface area contributed by atoms with Crippen LogP contribution in [0.5, 0.6) is 0 Å². The molecule has 0 N–H and O–H groups in total. The van der Waals surface area contributed by atoms with Gasteiger partial charge in [-0.25, -0.2) is 0 Å². The predicted molar refractivity (Wildman–Crippen MR) is 120 cm³/mol. The molecule has 0 bridgehead atoms. The molecule has 0 saturated heterocycles. The van der Waals surface area contributed by atoms with E-state index in [1.54, 1.807) is 0 Å². The summed E-state index contributed by atoms with van der Waals surface area (Å²) < 4.78 is 0. The summed E-state index contributed by atoms with van der Waals surface area (Å²) in [7, 11) is 0. The molecule has 3 rings (SSSR count). The minimum absolute atomic E-state index is 0.504. The highest BCUT2D eigenvalue weighted by Crippen LogP contribution is 2.41. The lowest BCUT2D eigenvalue weighted by Gasteiger charge is -2.33. The van der Waals surface area contributed by atoms with Crippen LogP contribution >= 0.6 is 0 Å². The first-order valence-electron chi connectivity index (χ1n) is 10.5. The Balaban J connectivity index is 1.96. The van der Waals surface area contributed by atoms with Gasteiger partial charge in [0.1, 0.15) is 0 Å². The van der Waals surface area contributed by atoms with Gasteiger partial charge in [0.05, 0.1) is 0 Å². The van der Waals surface area contributed by atoms with Gasteiger partial charge in [0.25, 0.3) is 0 Å². The summed E-state index contributed by atoms with van der Waals surface area (Å²) >= 11 is 0. The molecule has 1 aliphatic carbocycles. The van der Waals surface area contributed by atoms with Crippen molar-refractivity contribution in [2.75, 3.05) is 9.80 Å². The zero-order chi connectivity index (χ0) is 19.9. The van der Waals surface area contributed by atoms with E-state index in [9.17, 15) is 0 Å². The second-order valence-electron chi connectivity index (χ2n) is 9.05. The van der Waals surface area contributed by atoms with Crippen LogP contribution in [0.2, 0.25) is 0 Å². The van der Waals surface area contributed by atoms with Gasteiger partial charge in [-0.3, -0.25) is 0 Å². The topological polar surface area (TPSA) is 6.48 Å². The van der Waals surface area contributed by atoms with Gasteiger partial charge in [-0.1, -0.05) is 12.1 Å². The van der Waals surface area contributed by atoms with Gasteiger partial charge in [0, 0.05) is 35.5 Å². The summed E-state index contributed by atoms with van der Waals surface area (Å²) in [6.45, 7) is 18.2. The number of nitrogens with zero attached hydrogens (tertiary/aromatic N) is 2. The fourth-order valence-corrected chi connectivity index (χ4v) is 4.89. The normalized spacial score (nSPS) is 12.9. The van der Waals surface area contributed by atoms with Gasteiger partial charge < -0.3 is 9.80 Å². The lowest BCUT2D eigenvalue weighted by Crippen LogP contribution is -2.37. The largest absolute Gasteiger partial charge is 0.367 e. The van der Waals surface area contributed by atoms with Crippen LogP contribution in [-0.4, -0.2) is 24.2 Å². The van der Waals surface area contributed by atoms with Gasteiger partial charge in [-0.2, -0.15) is 0 Å². The monoisotopic (exact) mass is 364 g/mol. The molecule has 0 heterocycles. The van der Waals surface area contributed by atoms with E-state index in [1.807, 2.05) is 0 Å². The molecular weight excluding hydrogens is 328 g/mol. The maximum atomic E-state index is 2.51. The summed E-state index contributed by atoms with van der Waals surface area (Å²) in [5.74, 6) is 0. The predicted octanol–water partition coefficient (Wildman–Crippen LogP) is 6.50. The van der Waals surface area contributed by atoms with Crippen LogP contribution in [0.25, 0.3) is 11.1 Å². The van der Waals surface area contributed by atoms with Crippen LogP contribution in [0, 0.1) is 0 Å². The number of anilines is 2. The minimum Gasteiger partial charge on any atom is -0.367 e. The lowest BCUT2D eigenvalue weighted by molar-refractivity contribution is 0.608. The molecule has 0 unspecified atom stereocenters. The number of rotatable bonds is 6. The van der Waals surface area contributed by atoms with Crippen LogP contribution in [0.4, 0.5) is 11.4 Å². The molecular formula is C25H36N2. The first-order valence-corrected chi connectivity index (χ1v) is 10.5. The summed E-state index contributed by atoms with van der Waals surface area (Å²) in [6, 6.07) is 16.1. The third-order valence-electron chi connectivity index (χ3n) is 5.67. The Morgan fingerprint density at radius 3 is 1.19 bits per heavy atom. The average molecular weight is 365 g/mol. The van der Waals surface area contributed by atoms with E-state index in [0.717, 1.165) is 6.42 Å². The molecule has 0 atom stereocenters. The highest BCUT2D eigenvalue weighted by atomic mass is 15.2. The van der Waals surface area contributed by atoms with Crippen molar-refractivity contribution in [2.45, 2.75) is 86.0 Å². The number of fused-ring (bicyclic) bond motifs is 3. The quantitative estimate of drug-likeness (QED) is 0.492. The summed E-state index contributed by atoms with van der Waals surface area (Å²) in [5.41, 5.74) is 8.44. The molecule has 0 aliphatic heterocycles. The molecule has 2 nitrogen and oxygen atoms in total. The Kier molecular flexibility index (Phi) is 5.55. The van der Waals surface area contributed by atoms with E-state index in [0.29, 0.717) is 24.2 Å². The standard InChI is InChI=1S/C25H36N2/c1-16(2)26(17(3)4)22-9-11-24-20(14-22)13-21-15-23(10-12-25(21)24)27(18(5)6)19(7)8/h9-12,14-19H,13H2,1-8H3. The highest BCUT2D eigenvalue weighted by Gasteiger charge is 2.23. The molecule has 0 amide bonds. The van der Waals surface area contributed by atoms with Crippen LogP contribution in [0.1, 0.15) is 66.5 Å². The second kappa shape index (κ2) is 7.58. The summed E-state index contributed by atoms with van der Waals surface area (Å²) in [5, 5.41) is 0. The van der Waals surface area contributed by atoms with Gasteiger partial charge in [0.2, 0.25) is 0 Å². The third kappa shape index (κ3) is 3.72. The van der Waals surface area contributed by atoms with Crippen molar-refractivity contribution < 1.29 is 0 Å². The molecule has 2 aromatic carbocycles. The van der Waals surface area contributed by atoms with Crippen molar-refractivity contribution in [1.29, 1.82) is 0 Å². The second-order valence-corrected chi connectivity index (χ2v) is 9.05. The molecule has 0 fully saturated rings. The molecule has 27 heavy (non-hydrogen) atoms. The van der Waals surface area contributed by atoms with E-state index in [1.165, 1.54) is 33.6 Å². The van der Waals surface area contributed by atoms with E-state index < -0.39 is 0 Å². The fourth-order valence-electron chi connectivity index (χ4n) is 4.89. The van der Waals surface area contributed by atoms with Crippen LogP contribution in [-0.2, 0) is 6.42 Å². The number of hydrogen-bond donors (Lipinski definition) is 0. The fraction of sp³-hybridized carbons (Fsp3) is 0.520. The van der Waals surface area contributed by atoms with E-state index in [4.69, 9.17) is 0 Å². The minimum atomic E-state index is 0.504.